The van der Waals surface area contributed by atoms with Gasteiger partial charge in [0.2, 0.25) is 0 Å². The van der Waals surface area contributed by atoms with Crippen LogP contribution in [0.4, 0.5) is 5.69 Å². The van der Waals surface area contributed by atoms with Crippen LogP contribution in [0.15, 0.2) is 59.5 Å². The smallest absolute Gasteiger partial charge is 0.258 e. The van der Waals surface area contributed by atoms with Crippen molar-refractivity contribution in [2.45, 2.75) is 26.3 Å². The molecule has 0 radical (unpaired) electrons. The van der Waals surface area contributed by atoms with Crippen LogP contribution in [-0.4, -0.2) is 11.2 Å². The van der Waals surface area contributed by atoms with Crippen molar-refractivity contribution in [3.05, 3.63) is 70.6 Å². The lowest BCUT2D eigenvalue weighted by Crippen LogP contribution is -2.20. The Labute approximate surface area is 141 Å². The van der Waals surface area contributed by atoms with Gasteiger partial charge in [-0.1, -0.05) is 25.1 Å². The van der Waals surface area contributed by atoms with E-state index in [9.17, 15) is 4.79 Å². The lowest BCUT2D eigenvalue weighted by Gasteiger charge is -2.09. The van der Waals surface area contributed by atoms with Gasteiger partial charge in [0.1, 0.15) is 5.75 Å². The number of aryl methyl sites for hydroxylation is 2. The molecule has 4 heteroatoms. The number of nitrogens with two attached hydrogens (primary N) is 1. The molecule has 2 aromatic carbocycles. The van der Waals surface area contributed by atoms with Crippen LogP contribution in [0.25, 0.3) is 10.8 Å². The third-order valence-electron chi connectivity index (χ3n) is 4.12. The van der Waals surface area contributed by atoms with E-state index in [0.29, 0.717) is 18.8 Å². The van der Waals surface area contributed by atoms with E-state index in [-0.39, 0.29) is 5.56 Å². The second-order valence-electron chi connectivity index (χ2n) is 5.86. The summed E-state index contributed by atoms with van der Waals surface area (Å²) < 4.78 is 7.42. The van der Waals surface area contributed by atoms with E-state index in [1.165, 1.54) is 5.56 Å². The van der Waals surface area contributed by atoms with Crippen LogP contribution in [0.2, 0.25) is 0 Å². The van der Waals surface area contributed by atoms with Crippen LogP contribution in [0.1, 0.15) is 18.9 Å². The minimum atomic E-state index is 0.0547. The van der Waals surface area contributed by atoms with Crippen molar-refractivity contribution in [1.82, 2.24) is 4.57 Å². The van der Waals surface area contributed by atoms with Crippen LogP contribution < -0.4 is 16.0 Å². The molecule has 124 valence electrons. The molecule has 24 heavy (non-hydrogen) atoms. The Morgan fingerprint density at radius 1 is 1.12 bits per heavy atom. The highest BCUT2D eigenvalue weighted by molar-refractivity contribution is 5.82. The Bertz CT molecular complexity index is 900. The van der Waals surface area contributed by atoms with Crippen molar-refractivity contribution in [3.8, 4) is 5.75 Å². The number of hydrogen-bond acceptors (Lipinski definition) is 3. The fourth-order valence-electron chi connectivity index (χ4n) is 2.76. The molecule has 0 saturated heterocycles. The number of pyridine rings is 1. The lowest BCUT2D eigenvalue weighted by atomic mass is 10.1. The maximum absolute atomic E-state index is 12.5. The SMILES string of the molecule is CCc1ccc2c(=O)n(CCCOc3cccc(N)c3)ccc2c1. The number of rotatable bonds is 6. The van der Waals surface area contributed by atoms with Gasteiger partial charge < -0.3 is 15.0 Å². The summed E-state index contributed by atoms with van der Waals surface area (Å²) in [6.07, 6.45) is 3.60. The van der Waals surface area contributed by atoms with Crippen molar-refractivity contribution < 1.29 is 4.74 Å². The number of nitrogens with zero attached hydrogens (tertiary/aromatic N) is 1. The van der Waals surface area contributed by atoms with Crippen LogP contribution in [0.3, 0.4) is 0 Å². The quantitative estimate of drug-likeness (QED) is 0.557. The van der Waals surface area contributed by atoms with Crippen LogP contribution in [-0.2, 0) is 13.0 Å². The lowest BCUT2D eigenvalue weighted by molar-refractivity contribution is 0.301. The third kappa shape index (κ3) is 3.59. The van der Waals surface area contributed by atoms with Crippen molar-refractivity contribution in [1.29, 1.82) is 0 Å². The second kappa shape index (κ2) is 7.21. The highest BCUT2D eigenvalue weighted by atomic mass is 16.5. The van der Waals surface area contributed by atoms with Gasteiger partial charge in [0, 0.05) is 29.9 Å². The summed E-state index contributed by atoms with van der Waals surface area (Å²) in [6, 6.07) is 15.4. The molecule has 0 unspecified atom stereocenters. The zero-order valence-corrected chi connectivity index (χ0v) is 13.9. The van der Waals surface area contributed by atoms with Crippen LogP contribution in [0.5, 0.6) is 5.75 Å². The topological polar surface area (TPSA) is 57.2 Å². The van der Waals surface area contributed by atoms with E-state index in [0.717, 1.165) is 29.4 Å². The molecular formula is C20H22N2O2. The zero-order chi connectivity index (χ0) is 16.9. The Morgan fingerprint density at radius 3 is 2.79 bits per heavy atom. The molecule has 1 heterocycles. The zero-order valence-electron chi connectivity index (χ0n) is 13.9. The Morgan fingerprint density at radius 2 is 2.00 bits per heavy atom. The Kier molecular flexibility index (Phi) is 4.85. The average molecular weight is 322 g/mol. The third-order valence-corrected chi connectivity index (χ3v) is 4.12. The monoisotopic (exact) mass is 322 g/mol. The molecule has 4 nitrogen and oxygen atoms in total. The highest BCUT2D eigenvalue weighted by Crippen LogP contribution is 2.15. The molecule has 0 amide bonds. The summed E-state index contributed by atoms with van der Waals surface area (Å²) in [4.78, 5) is 12.5. The van der Waals surface area contributed by atoms with Gasteiger partial charge in [-0.15, -0.1) is 0 Å². The van der Waals surface area contributed by atoms with E-state index < -0.39 is 0 Å². The van der Waals surface area contributed by atoms with Gasteiger partial charge in [-0.05, 0) is 48.1 Å². The van der Waals surface area contributed by atoms with Gasteiger partial charge in [0.25, 0.3) is 5.56 Å². The highest BCUT2D eigenvalue weighted by Gasteiger charge is 2.04. The number of aromatic nitrogens is 1. The van der Waals surface area contributed by atoms with E-state index in [2.05, 4.69) is 13.0 Å². The van der Waals surface area contributed by atoms with E-state index in [1.54, 1.807) is 10.6 Å². The van der Waals surface area contributed by atoms with Gasteiger partial charge in [0.05, 0.1) is 6.61 Å². The van der Waals surface area contributed by atoms with Gasteiger partial charge in [0.15, 0.2) is 0 Å². The second-order valence-corrected chi connectivity index (χ2v) is 5.86. The van der Waals surface area contributed by atoms with Gasteiger partial charge in [-0.2, -0.15) is 0 Å². The summed E-state index contributed by atoms with van der Waals surface area (Å²) in [6.45, 7) is 3.29. The molecule has 0 aliphatic rings. The number of anilines is 1. The number of ether oxygens (including phenoxy) is 1. The van der Waals surface area contributed by atoms with Gasteiger partial charge in [-0.25, -0.2) is 0 Å². The van der Waals surface area contributed by atoms with Crippen molar-refractivity contribution in [2.24, 2.45) is 0 Å². The minimum Gasteiger partial charge on any atom is -0.493 e. The van der Waals surface area contributed by atoms with E-state index in [4.69, 9.17) is 10.5 Å². The van der Waals surface area contributed by atoms with Crippen LogP contribution in [0, 0.1) is 0 Å². The van der Waals surface area contributed by atoms with Crippen molar-refractivity contribution >= 4 is 16.5 Å². The maximum atomic E-state index is 12.5. The molecule has 0 aliphatic heterocycles. The fraction of sp³-hybridized carbons (Fsp3) is 0.250. The first-order chi connectivity index (χ1) is 11.7. The number of fused-ring (bicyclic) bond motifs is 1. The van der Waals surface area contributed by atoms with Crippen molar-refractivity contribution in [3.63, 3.8) is 0 Å². The Balaban J connectivity index is 1.65. The van der Waals surface area contributed by atoms with Gasteiger partial charge in [-0.3, -0.25) is 4.79 Å². The average Bonchev–Trinajstić information content (AvgIpc) is 2.60. The fourth-order valence-corrected chi connectivity index (χ4v) is 2.76. The number of hydrogen-bond donors (Lipinski definition) is 1. The number of nitrogen functional groups attached to an aromatic ring is 1. The molecule has 0 fully saturated rings. The standard InChI is InChI=1S/C20H22N2O2/c1-2-15-7-8-19-16(13-15)9-11-22(20(19)23)10-4-12-24-18-6-3-5-17(21)14-18/h3,5-9,11,13-14H,2,4,10,12,21H2,1H3. The summed E-state index contributed by atoms with van der Waals surface area (Å²) in [5, 5.41) is 1.78. The summed E-state index contributed by atoms with van der Waals surface area (Å²) in [5.41, 5.74) is 7.71. The van der Waals surface area contributed by atoms with E-state index >= 15 is 0 Å². The first-order valence-corrected chi connectivity index (χ1v) is 8.28. The first kappa shape index (κ1) is 16.1. The molecule has 0 saturated carbocycles. The molecule has 0 aliphatic carbocycles. The minimum absolute atomic E-state index is 0.0547. The largest absolute Gasteiger partial charge is 0.493 e. The molecular weight excluding hydrogens is 300 g/mol. The summed E-state index contributed by atoms with van der Waals surface area (Å²) in [5.74, 6) is 0.757. The Hall–Kier alpha value is -2.75. The molecule has 0 bridgehead atoms. The maximum Gasteiger partial charge on any atom is 0.258 e. The molecule has 0 spiro atoms. The van der Waals surface area contributed by atoms with Gasteiger partial charge >= 0.3 is 0 Å². The molecule has 3 rings (SSSR count). The number of benzene rings is 2. The molecule has 0 atom stereocenters. The van der Waals surface area contributed by atoms with Crippen LogP contribution >= 0.6 is 0 Å². The molecule has 1 aromatic heterocycles. The summed E-state index contributed by atoms with van der Waals surface area (Å²) >= 11 is 0. The predicted molar refractivity (Wildman–Crippen MR) is 98.6 cm³/mol. The molecule has 3 aromatic rings. The first-order valence-electron chi connectivity index (χ1n) is 8.28. The summed E-state index contributed by atoms with van der Waals surface area (Å²) in [7, 11) is 0. The predicted octanol–water partition coefficient (Wildman–Crippen LogP) is 3.62. The normalized spacial score (nSPS) is 10.9. The van der Waals surface area contributed by atoms with Crippen molar-refractivity contribution in [2.75, 3.05) is 12.3 Å². The van der Waals surface area contributed by atoms with E-state index in [1.807, 2.05) is 42.6 Å². The molecule has 2 N–H and O–H groups in total.